The summed E-state index contributed by atoms with van der Waals surface area (Å²) in [6, 6.07) is 0. The van der Waals surface area contributed by atoms with Crippen LogP contribution in [0.1, 0.15) is 288 Å². The Morgan fingerprint density at radius 1 is 0.344 bits per heavy atom. The summed E-state index contributed by atoms with van der Waals surface area (Å²) in [5, 5.41) is 0. The third kappa shape index (κ3) is 44.7. The molecule has 0 spiro atoms. The molecule has 0 heterocycles. The number of rotatable bonds is 70. The minimum atomic E-state index is -4.85. The average molecular weight is 1380 g/mol. The van der Waals surface area contributed by atoms with Crippen LogP contribution in [-0.2, 0) is 78.2 Å². The SMILES string of the molecule is [C-]#[N+]CCOP(=O)(OCC(COCC(CCCC)(CCCC)CCCC)OP(=O)(OCC[N+]#[C-])OCC(COCC(CCCC)(CCCC)CCCC)OP(=O)(OCCCCCCOC(=O)CC)OCC[N+]#[C-])OC(CC)COCC(CCCC)(CCCC)CCCC. The van der Waals surface area contributed by atoms with Gasteiger partial charge in [-0.1, -0.05) is 198 Å². The van der Waals surface area contributed by atoms with Crippen LogP contribution in [0.15, 0.2) is 0 Å². The summed E-state index contributed by atoms with van der Waals surface area (Å²) in [7, 11) is -13.9. The molecular weight excluding hydrogens is 1250 g/mol. The smallest absolute Gasteiger partial charge is 0.466 e. The van der Waals surface area contributed by atoms with Crippen LogP contribution in [0.25, 0.3) is 14.5 Å². The molecule has 0 amide bonds. The van der Waals surface area contributed by atoms with Gasteiger partial charge in [-0.2, -0.15) is 0 Å². The van der Waals surface area contributed by atoms with Crippen molar-refractivity contribution < 1.29 is 78.2 Å². The third-order valence-electron chi connectivity index (χ3n) is 17.0. The lowest BCUT2D eigenvalue weighted by molar-refractivity contribution is -0.143. The lowest BCUT2D eigenvalue weighted by Crippen LogP contribution is -2.33. The van der Waals surface area contributed by atoms with Crippen LogP contribution >= 0.6 is 23.5 Å². The number of nitrogens with zero attached hydrogens (tertiary/aromatic N) is 3. The van der Waals surface area contributed by atoms with E-state index in [4.69, 9.17) is 79.4 Å². The number of unbranched alkanes of at least 4 members (excludes halogenated alkanes) is 12. The molecule has 0 aromatic heterocycles. The van der Waals surface area contributed by atoms with Gasteiger partial charge in [0.1, 0.15) is 32.0 Å². The standard InChI is InChI=1S/C70H134N3O17P3/c1-15-26-39-68(40-27-16-2,41-28-17-3)61-78-56-64(24-10)88-92(76,84-54-49-72-13)86-60-66(58-80-63-70(45-32-21-7,46-33-22-8)47-34-23-9)90-93(77,85-55-50-73-14)87-59-65(57-79-62-69(42-29-18-4,43-30-19-5)44-31-20-6)89-91(75,83-53-48-71-12)82-52-38-36-35-37-51-81-67(74)25-11/h64-66H,15-63H2,1-11H3. The van der Waals surface area contributed by atoms with Crippen molar-refractivity contribution in [1.29, 1.82) is 0 Å². The van der Waals surface area contributed by atoms with Crippen molar-refractivity contribution in [3.63, 3.8) is 0 Å². The minimum absolute atomic E-state index is 0.00247. The molecule has 0 N–H and O–H groups in total. The Balaban J connectivity index is 7.81. The van der Waals surface area contributed by atoms with Crippen molar-refractivity contribution in [2.45, 2.75) is 306 Å². The van der Waals surface area contributed by atoms with Crippen LogP contribution in [-0.4, -0.2) is 130 Å². The molecule has 20 nitrogen and oxygen atoms in total. The highest BCUT2D eigenvalue weighted by Gasteiger charge is 2.41. The van der Waals surface area contributed by atoms with Gasteiger partial charge in [0, 0.05) is 6.42 Å². The van der Waals surface area contributed by atoms with E-state index in [1.54, 1.807) is 6.92 Å². The lowest BCUT2D eigenvalue weighted by Gasteiger charge is -2.35. The van der Waals surface area contributed by atoms with Crippen LogP contribution in [0.3, 0.4) is 0 Å². The molecule has 0 bridgehead atoms. The zero-order chi connectivity index (χ0) is 69.3. The van der Waals surface area contributed by atoms with E-state index >= 15 is 9.13 Å². The first-order chi connectivity index (χ1) is 44.9. The Morgan fingerprint density at radius 2 is 0.613 bits per heavy atom. The molecule has 0 fully saturated rings. The number of phosphoric acid groups is 3. The predicted molar refractivity (Wildman–Crippen MR) is 373 cm³/mol. The van der Waals surface area contributed by atoms with E-state index in [9.17, 15) is 9.36 Å². The molecular formula is C70H134N3O17P3. The van der Waals surface area contributed by atoms with Crippen molar-refractivity contribution in [1.82, 2.24) is 0 Å². The number of carbonyl (C=O) groups excluding carboxylic acids is 1. The van der Waals surface area contributed by atoms with Crippen LogP contribution < -0.4 is 0 Å². The van der Waals surface area contributed by atoms with Crippen molar-refractivity contribution in [2.75, 3.05) is 106 Å². The monoisotopic (exact) mass is 1380 g/mol. The number of hydrogen-bond donors (Lipinski definition) is 0. The van der Waals surface area contributed by atoms with Gasteiger partial charge in [0.2, 0.25) is 19.6 Å². The van der Waals surface area contributed by atoms with Gasteiger partial charge in [-0.25, -0.2) is 33.4 Å². The first kappa shape index (κ1) is 91.2. The van der Waals surface area contributed by atoms with Crippen molar-refractivity contribution in [3.05, 3.63) is 34.3 Å². The Kier molecular flexibility index (Phi) is 56.8. The highest BCUT2D eigenvalue weighted by atomic mass is 31.2. The molecule has 546 valence electrons. The fraction of sp³-hybridized carbons (Fsp3) is 0.943. The van der Waals surface area contributed by atoms with Gasteiger partial charge in [-0.15, -0.1) is 0 Å². The predicted octanol–water partition coefficient (Wildman–Crippen LogP) is 21.0. The molecule has 0 rings (SSSR count). The van der Waals surface area contributed by atoms with E-state index in [0.717, 1.165) is 173 Å². The minimum Gasteiger partial charge on any atom is -0.466 e. The molecule has 0 aromatic carbocycles. The number of phosphoric ester groups is 3. The molecule has 6 atom stereocenters. The molecule has 0 radical (unpaired) electrons. The second kappa shape index (κ2) is 58.0. The van der Waals surface area contributed by atoms with Gasteiger partial charge in [0.15, 0.2) is 0 Å². The Labute approximate surface area is 567 Å². The van der Waals surface area contributed by atoms with Gasteiger partial charge in [-0.3, -0.25) is 45.5 Å². The molecule has 0 saturated carbocycles. The van der Waals surface area contributed by atoms with E-state index < -0.39 is 55.0 Å². The Morgan fingerprint density at radius 3 is 0.892 bits per heavy atom. The van der Waals surface area contributed by atoms with E-state index in [2.05, 4.69) is 76.8 Å². The summed E-state index contributed by atoms with van der Waals surface area (Å²) in [5.41, 5.74) is -0.317. The summed E-state index contributed by atoms with van der Waals surface area (Å²) in [4.78, 5) is 21.9. The summed E-state index contributed by atoms with van der Waals surface area (Å²) < 4.78 is 126. The molecule has 0 saturated heterocycles. The van der Waals surface area contributed by atoms with Gasteiger partial charge in [-0.05, 0) is 99.7 Å². The highest BCUT2D eigenvalue weighted by Crippen LogP contribution is 2.56. The van der Waals surface area contributed by atoms with Crippen molar-refractivity contribution in [2.24, 2.45) is 16.2 Å². The summed E-state index contributed by atoms with van der Waals surface area (Å²) in [6.07, 6.45) is 27.3. The highest BCUT2D eigenvalue weighted by molar-refractivity contribution is 7.49. The quantitative estimate of drug-likeness (QED) is 0.0241. The zero-order valence-electron chi connectivity index (χ0n) is 60.5. The van der Waals surface area contributed by atoms with Crippen LogP contribution in [0.4, 0.5) is 0 Å². The summed E-state index contributed by atoms with van der Waals surface area (Å²) >= 11 is 0. The maximum atomic E-state index is 15.5. The molecule has 0 aliphatic heterocycles. The molecule has 0 aliphatic carbocycles. The van der Waals surface area contributed by atoms with E-state index in [0.29, 0.717) is 65.0 Å². The number of ether oxygens (including phenoxy) is 4. The number of carbonyl (C=O) groups is 1. The van der Waals surface area contributed by atoms with E-state index in [1.165, 1.54) is 0 Å². The van der Waals surface area contributed by atoms with Crippen LogP contribution in [0, 0.1) is 36.0 Å². The second-order valence-corrected chi connectivity index (χ2v) is 30.3. The maximum Gasteiger partial charge on any atom is 0.475 e. The van der Waals surface area contributed by atoms with Crippen molar-refractivity contribution >= 4 is 29.4 Å². The average Bonchev–Trinajstić information content (AvgIpc) is 1.01. The largest absolute Gasteiger partial charge is 0.475 e. The fourth-order valence-corrected chi connectivity index (χ4v) is 15.3. The van der Waals surface area contributed by atoms with Crippen LogP contribution in [0.2, 0.25) is 0 Å². The van der Waals surface area contributed by atoms with Gasteiger partial charge >= 0.3 is 29.4 Å². The number of esters is 1. The topological polar surface area (TPSA) is 201 Å². The second-order valence-electron chi connectivity index (χ2n) is 25.5. The van der Waals surface area contributed by atoms with Gasteiger partial charge in [0.25, 0.3) is 0 Å². The Bertz CT molecular complexity index is 2030. The normalized spacial score (nSPS) is 15.1. The molecule has 0 aliphatic rings. The third-order valence-corrected chi connectivity index (χ3v) is 21.6. The van der Waals surface area contributed by atoms with Gasteiger partial charge < -0.3 is 33.5 Å². The fourth-order valence-electron chi connectivity index (χ4n) is 11.2. The first-order valence-corrected chi connectivity index (χ1v) is 40.9. The van der Waals surface area contributed by atoms with E-state index in [-0.39, 0.29) is 88.1 Å². The first-order valence-electron chi connectivity index (χ1n) is 36.5. The molecule has 23 heteroatoms. The Hall–Kier alpha value is -1.85. The van der Waals surface area contributed by atoms with Crippen LogP contribution in [0.5, 0.6) is 0 Å². The lowest BCUT2D eigenvalue weighted by atomic mass is 9.75. The van der Waals surface area contributed by atoms with Crippen molar-refractivity contribution in [3.8, 4) is 0 Å². The van der Waals surface area contributed by atoms with Gasteiger partial charge in [0.05, 0.1) is 72.2 Å². The number of hydrogen-bond acceptors (Lipinski definition) is 17. The molecule has 6 unspecified atom stereocenters. The molecule has 93 heavy (non-hydrogen) atoms. The molecule has 0 aromatic rings. The van der Waals surface area contributed by atoms with E-state index in [1.807, 2.05) is 6.92 Å². The summed E-state index contributed by atoms with van der Waals surface area (Å²) in [5.74, 6) is -0.266. The summed E-state index contributed by atoms with van der Waals surface area (Å²) in [6.45, 7) is 44.5. The zero-order valence-corrected chi connectivity index (χ0v) is 63.2. The maximum absolute atomic E-state index is 15.5.